The van der Waals surface area contributed by atoms with Gasteiger partial charge in [0.05, 0.1) is 30.6 Å². The molecule has 210 valence electrons. The smallest absolute Gasteiger partial charge is 0.232 e. The monoisotopic (exact) mass is 543 g/mol. The summed E-state index contributed by atoms with van der Waals surface area (Å²) in [5.41, 5.74) is 3.80. The van der Waals surface area contributed by atoms with Gasteiger partial charge in [-0.15, -0.1) is 0 Å². The first-order chi connectivity index (χ1) is 19.6. The minimum absolute atomic E-state index is 0.113. The highest BCUT2D eigenvalue weighted by Gasteiger charge is 2.22. The second-order valence-electron chi connectivity index (χ2n) is 9.87. The molecule has 3 aromatic heterocycles. The maximum Gasteiger partial charge on any atom is 0.232 e. The van der Waals surface area contributed by atoms with E-state index in [0.717, 1.165) is 80.8 Å². The number of ether oxygens (including phenoxy) is 1. The minimum Gasteiger partial charge on any atom is -0.374 e. The number of nitrogens with one attached hydrogen (secondary N) is 2. The topological polar surface area (TPSA) is 122 Å². The highest BCUT2D eigenvalue weighted by molar-refractivity contribution is 5.55. The zero-order valence-corrected chi connectivity index (χ0v) is 23.2. The second kappa shape index (κ2) is 13.3. The summed E-state index contributed by atoms with van der Waals surface area (Å²) in [4.78, 5) is 27.0. The van der Waals surface area contributed by atoms with E-state index in [9.17, 15) is 0 Å². The van der Waals surface area contributed by atoms with Crippen molar-refractivity contribution in [2.45, 2.75) is 32.9 Å². The fraction of sp³-hybridized carbons (Fsp3) is 0.429. The normalized spacial score (nSPS) is 18.1. The van der Waals surface area contributed by atoms with E-state index >= 15 is 0 Å². The average molecular weight is 544 g/mol. The first-order valence-electron chi connectivity index (χ1n) is 13.7. The minimum atomic E-state index is 0.113. The zero-order chi connectivity index (χ0) is 27.7. The Labute approximate surface area is 234 Å². The number of anilines is 4. The van der Waals surface area contributed by atoms with Crippen LogP contribution in [0.25, 0.3) is 0 Å². The number of aromatic nitrogens is 7. The number of rotatable bonds is 10. The van der Waals surface area contributed by atoms with E-state index in [1.807, 2.05) is 61.4 Å². The molecule has 0 aliphatic carbocycles. The Morgan fingerprint density at radius 2 is 1.88 bits per heavy atom. The van der Waals surface area contributed by atoms with Gasteiger partial charge >= 0.3 is 0 Å². The molecular formula is C28H37N11O. The number of allylic oxidation sites excluding steroid dienone is 5. The van der Waals surface area contributed by atoms with E-state index in [2.05, 4.69) is 57.0 Å². The number of hydrogen-bond acceptors (Lipinski definition) is 11. The van der Waals surface area contributed by atoms with Crippen molar-refractivity contribution in [3.05, 3.63) is 72.6 Å². The summed E-state index contributed by atoms with van der Waals surface area (Å²) in [5.74, 6) is 1.87. The van der Waals surface area contributed by atoms with Gasteiger partial charge < -0.3 is 25.2 Å². The van der Waals surface area contributed by atoms with E-state index < -0.39 is 0 Å². The SMILES string of the molecule is C=C(/C=C\C=C/C)Cc1cnc(N2CCN(c3ncnc(Nc4cn(C[C@@H]5CNCCO5)nc4C)n3)CC2)nc1. The van der Waals surface area contributed by atoms with Crippen LogP contribution in [0.3, 0.4) is 0 Å². The van der Waals surface area contributed by atoms with Crippen LogP contribution in [0.2, 0.25) is 0 Å². The van der Waals surface area contributed by atoms with E-state index in [1.165, 1.54) is 0 Å². The third kappa shape index (κ3) is 7.27. The molecule has 0 amide bonds. The Hall–Kier alpha value is -4.16. The molecule has 2 N–H and O–H groups in total. The zero-order valence-electron chi connectivity index (χ0n) is 23.2. The van der Waals surface area contributed by atoms with Gasteiger partial charge in [-0.3, -0.25) is 4.68 Å². The molecule has 5 rings (SSSR count). The summed E-state index contributed by atoms with van der Waals surface area (Å²) in [6, 6.07) is 0. The van der Waals surface area contributed by atoms with E-state index in [1.54, 1.807) is 6.33 Å². The van der Waals surface area contributed by atoms with Crippen molar-refractivity contribution in [3.63, 3.8) is 0 Å². The van der Waals surface area contributed by atoms with Crippen molar-refractivity contribution in [1.82, 2.24) is 40.0 Å². The molecule has 0 radical (unpaired) electrons. The predicted molar refractivity (Wildman–Crippen MR) is 156 cm³/mol. The lowest BCUT2D eigenvalue weighted by Gasteiger charge is -2.34. The van der Waals surface area contributed by atoms with Crippen LogP contribution in [-0.4, -0.2) is 86.7 Å². The lowest BCUT2D eigenvalue weighted by Crippen LogP contribution is -2.47. The standard InChI is InChI=1S/C28H37N11O/c1-4-5-6-7-21(2)14-23-15-30-27(31-16-23)37-9-11-38(12-10-37)28-33-20-32-26(35-28)34-25-19-39(36-22(25)3)18-24-17-29-8-13-40-24/h4-7,15-16,19-20,24,29H,2,8-14,17-18H2,1,3H3,(H,32,33,34,35)/b5-4-,7-6-/t24-/m0/s1. The van der Waals surface area contributed by atoms with Crippen molar-refractivity contribution < 1.29 is 4.74 Å². The van der Waals surface area contributed by atoms with Gasteiger partial charge in [-0.25, -0.2) is 19.9 Å². The Bertz CT molecular complexity index is 1320. The molecule has 40 heavy (non-hydrogen) atoms. The number of piperazine rings is 1. The van der Waals surface area contributed by atoms with E-state index in [4.69, 9.17) is 4.74 Å². The third-order valence-electron chi connectivity index (χ3n) is 6.75. The molecule has 2 aliphatic heterocycles. The molecule has 2 aliphatic rings. The quantitative estimate of drug-likeness (QED) is 0.367. The molecule has 5 heterocycles. The molecule has 1 atom stereocenters. The van der Waals surface area contributed by atoms with Gasteiger partial charge in [-0.05, 0) is 25.8 Å². The van der Waals surface area contributed by atoms with Crippen LogP contribution in [0.5, 0.6) is 0 Å². The predicted octanol–water partition coefficient (Wildman–Crippen LogP) is 2.46. The summed E-state index contributed by atoms with van der Waals surface area (Å²) in [5, 5.41) is 11.3. The van der Waals surface area contributed by atoms with Gasteiger partial charge in [0.2, 0.25) is 17.8 Å². The van der Waals surface area contributed by atoms with Crippen molar-refractivity contribution in [2.24, 2.45) is 0 Å². The Morgan fingerprint density at radius 1 is 1.10 bits per heavy atom. The lowest BCUT2D eigenvalue weighted by atomic mass is 10.1. The molecular weight excluding hydrogens is 506 g/mol. The van der Waals surface area contributed by atoms with Gasteiger partial charge in [0.15, 0.2) is 0 Å². The van der Waals surface area contributed by atoms with Crippen molar-refractivity contribution in [1.29, 1.82) is 0 Å². The lowest BCUT2D eigenvalue weighted by molar-refractivity contribution is 0.0161. The Balaban J connectivity index is 1.14. The summed E-state index contributed by atoms with van der Waals surface area (Å²) < 4.78 is 7.71. The fourth-order valence-electron chi connectivity index (χ4n) is 4.63. The molecule has 0 saturated carbocycles. The molecule has 2 fully saturated rings. The summed E-state index contributed by atoms with van der Waals surface area (Å²) >= 11 is 0. The van der Waals surface area contributed by atoms with Crippen LogP contribution in [0.1, 0.15) is 18.2 Å². The second-order valence-corrected chi connectivity index (χ2v) is 9.87. The number of morpholine rings is 1. The Kier molecular flexibility index (Phi) is 9.09. The summed E-state index contributed by atoms with van der Waals surface area (Å²) in [6.45, 7) is 14.3. The fourth-order valence-corrected chi connectivity index (χ4v) is 4.63. The van der Waals surface area contributed by atoms with Crippen LogP contribution in [0.15, 0.2) is 61.4 Å². The maximum atomic E-state index is 5.80. The van der Waals surface area contributed by atoms with Crippen LogP contribution < -0.4 is 20.4 Å². The summed E-state index contributed by atoms with van der Waals surface area (Å²) in [7, 11) is 0. The van der Waals surface area contributed by atoms with Gasteiger partial charge in [-0.1, -0.05) is 36.5 Å². The summed E-state index contributed by atoms with van der Waals surface area (Å²) in [6.07, 6.45) is 16.1. The third-order valence-corrected chi connectivity index (χ3v) is 6.75. The number of nitrogens with zero attached hydrogens (tertiary/aromatic N) is 9. The van der Waals surface area contributed by atoms with E-state index in [0.29, 0.717) is 18.4 Å². The van der Waals surface area contributed by atoms with Crippen LogP contribution in [-0.2, 0) is 17.7 Å². The Morgan fingerprint density at radius 3 is 2.60 bits per heavy atom. The highest BCUT2D eigenvalue weighted by atomic mass is 16.5. The van der Waals surface area contributed by atoms with Crippen LogP contribution in [0.4, 0.5) is 23.5 Å². The first-order valence-corrected chi connectivity index (χ1v) is 13.7. The molecule has 3 aromatic rings. The van der Waals surface area contributed by atoms with Crippen molar-refractivity contribution >= 4 is 23.5 Å². The average Bonchev–Trinajstić information content (AvgIpc) is 3.32. The van der Waals surface area contributed by atoms with Crippen molar-refractivity contribution in [3.8, 4) is 0 Å². The maximum absolute atomic E-state index is 5.80. The molecule has 12 nitrogen and oxygen atoms in total. The first kappa shape index (κ1) is 27.4. The van der Waals surface area contributed by atoms with Gasteiger partial charge in [0.25, 0.3) is 0 Å². The number of aryl methyl sites for hydroxylation is 1. The van der Waals surface area contributed by atoms with Crippen LogP contribution >= 0.6 is 0 Å². The van der Waals surface area contributed by atoms with Crippen molar-refractivity contribution in [2.75, 3.05) is 61.0 Å². The molecule has 2 saturated heterocycles. The molecule has 0 unspecified atom stereocenters. The highest BCUT2D eigenvalue weighted by Crippen LogP contribution is 2.20. The van der Waals surface area contributed by atoms with Gasteiger partial charge in [0.1, 0.15) is 6.33 Å². The van der Waals surface area contributed by atoms with Crippen LogP contribution in [0, 0.1) is 6.92 Å². The molecule has 12 heteroatoms. The van der Waals surface area contributed by atoms with E-state index in [-0.39, 0.29) is 6.10 Å². The largest absolute Gasteiger partial charge is 0.374 e. The van der Waals surface area contributed by atoms with Gasteiger partial charge in [-0.2, -0.15) is 10.1 Å². The van der Waals surface area contributed by atoms with Gasteiger partial charge in [0, 0.05) is 57.9 Å². The molecule has 0 aromatic carbocycles. The number of hydrogen-bond donors (Lipinski definition) is 2. The molecule has 0 bridgehead atoms. The molecule has 0 spiro atoms.